The molecule has 16 heavy (non-hydrogen) atoms. The van der Waals surface area contributed by atoms with Gasteiger partial charge in [-0.05, 0) is 30.5 Å². The highest BCUT2D eigenvalue weighted by molar-refractivity contribution is 5.93. The average Bonchev–Trinajstić information content (AvgIpc) is 2.46. The molecular formula is C13H17NO2. The predicted molar refractivity (Wildman–Crippen MR) is 63.8 cm³/mol. The van der Waals surface area contributed by atoms with Crippen molar-refractivity contribution >= 4 is 11.6 Å². The third-order valence-corrected chi connectivity index (χ3v) is 2.72. The summed E-state index contributed by atoms with van der Waals surface area (Å²) in [6, 6.07) is 6.05. The fourth-order valence-corrected chi connectivity index (χ4v) is 1.80. The SMILES string of the molecule is CCCCc1ccc2c(c1)NC(=O)CCO2. The second kappa shape index (κ2) is 5.01. The van der Waals surface area contributed by atoms with Crippen LogP contribution in [0.4, 0.5) is 5.69 Å². The summed E-state index contributed by atoms with van der Waals surface area (Å²) in [6.45, 7) is 2.64. The maximum Gasteiger partial charge on any atom is 0.227 e. The van der Waals surface area contributed by atoms with Crippen LogP contribution in [0.25, 0.3) is 0 Å². The van der Waals surface area contributed by atoms with E-state index in [-0.39, 0.29) is 5.91 Å². The Morgan fingerprint density at radius 1 is 1.44 bits per heavy atom. The van der Waals surface area contributed by atoms with Gasteiger partial charge in [0.1, 0.15) is 5.75 Å². The molecule has 1 heterocycles. The van der Waals surface area contributed by atoms with Gasteiger partial charge in [0.15, 0.2) is 0 Å². The van der Waals surface area contributed by atoms with Crippen molar-refractivity contribution < 1.29 is 9.53 Å². The van der Waals surface area contributed by atoms with Crippen LogP contribution in [0.1, 0.15) is 31.7 Å². The summed E-state index contributed by atoms with van der Waals surface area (Å²) in [5.41, 5.74) is 2.07. The van der Waals surface area contributed by atoms with Crippen LogP contribution >= 0.6 is 0 Å². The van der Waals surface area contributed by atoms with Gasteiger partial charge in [0, 0.05) is 0 Å². The topological polar surface area (TPSA) is 38.3 Å². The molecule has 0 aromatic heterocycles. The summed E-state index contributed by atoms with van der Waals surface area (Å²) in [7, 11) is 0. The fourth-order valence-electron chi connectivity index (χ4n) is 1.80. The molecule has 86 valence electrons. The Hall–Kier alpha value is -1.51. The number of carbonyl (C=O) groups excluding carboxylic acids is 1. The predicted octanol–water partition coefficient (Wildman–Crippen LogP) is 2.75. The molecule has 1 N–H and O–H groups in total. The lowest BCUT2D eigenvalue weighted by Crippen LogP contribution is -2.10. The molecule has 0 bridgehead atoms. The van der Waals surface area contributed by atoms with Gasteiger partial charge in [0.05, 0.1) is 18.7 Å². The molecule has 1 aliphatic heterocycles. The van der Waals surface area contributed by atoms with Crippen molar-refractivity contribution in [3.8, 4) is 5.75 Å². The summed E-state index contributed by atoms with van der Waals surface area (Å²) >= 11 is 0. The maximum absolute atomic E-state index is 11.4. The molecule has 0 saturated carbocycles. The number of unbranched alkanes of at least 4 members (excludes halogenated alkanes) is 1. The Kier molecular flexibility index (Phi) is 3.44. The Labute approximate surface area is 95.8 Å². The zero-order valence-electron chi connectivity index (χ0n) is 9.58. The van der Waals surface area contributed by atoms with Gasteiger partial charge in [-0.2, -0.15) is 0 Å². The zero-order valence-corrected chi connectivity index (χ0v) is 9.58. The minimum atomic E-state index is 0.0337. The first-order valence-corrected chi connectivity index (χ1v) is 5.85. The van der Waals surface area contributed by atoms with Gasteiger partial charge in [-0.1, -0.05) is 19.4 Å². The van der Waals surface area contributed by atoms with Crippen LogP contribution in [0.15, 0.2) is 18.2 Å². The molecular weight excluding hydrogens is 202 g/mol. The highest BCUT2D eigenvalue weighted by Crippen LogP contribution is 2.28. The highest BCUT2D eigenvalue weighted by Gasteiger charge is 2.13. The minimum absolute atomic E-state index is 0.0337. The Bertz CT molecular complexity index is 388. The Morgan fingerprint density at radius 3 is 3.12 bits per heavy atom. The number of rotatable bonds is 3. The van der Waals surface area contributed by atoms with E-state index in [9.17, 15) is 4.79 Å². The van der Waals surface area contributed by atoms with E-state index in [1.165, 1.54) is 18.4 Å². The first kappa shape index (κ1) is 11.0. The molecule has 2 rings (SSSR count). The monoisotopic (exact) mass is 219 g/mol. The number of ether oxygens (including phenoxy) is 1. The van der Waals surface area contributed by atoms with E-state index >= 15 is 0 Å². The lowest BCUT2D eigenvalue weighted by Gasteiger charge is -2.09. The van der Waals surface area contributed by atoms with Crippen LogP contribution in [-0.2, 0) is 11.2 Å². The summed E-state index contributed by atoms with van der Waals surface area (Å²) in [4.78, 5) is 11.4. The number of amides is 1. The van der Waals surface area contributed by atoms with Crippen molar-refractivity contribution in [1.29, 1.82) is 0 Å². The van der Waals surface area contributed by atoms with Gasteiger partial charge in [-0.3, -0.25) is 4.79 Å². The molecule has 0 spiro atoms. The van der Waals surface area contributed by atoms with Crippen molar-refractivity contribution in [2.75, 3.05) is 11.9 Å². The summed E-state index contributed by atoms with van der Waals surface area (Å²) in [5, 5.41) is 2.88. The van der Waals surface area contributed by atoms with Crippen molar-refractivity contribution in [1.82, 2.24) is 0 Å². The summed E-state index contributed by atoms with van der Waals surface area (Å²) < 4.78 is 5.49. The van der Waals surface area contributed by atoms with Gasteiger partial charge < -0.3 is 10.1 Å². The second-order valence-electron chi connectivity index (χ2n) is 4.08. The van der Waals surface area contributed by atoms with E-state index in [0.29, 0.717) is 13.0 Å². The van der Waals surface area contributed by atoms with Crippen LogP contribution in [0, 0.1) is 0 Å². The number of benzene rings is 1. The highest BCUT2D eigenvalue weighted by atomic mass is 16.5. The van der Waals surface area contributed by atoms with Crippen molar-refractivity contribution in [2.45, 2.75) is 32.6 Å². The number of anilines is 1. The van der Waals surface area contributed by atoms with Crippen molar-refractivity contribution in [3.63, 3.8) is 0 Å². The second-order valence-corrected chi connectivity index (χ2v) is 4.08. The number of hydrogen-bond acceptors (Lipinski definition) is 2. The number of fused-ring (bicyclic) bond motifs is 1. The third kappa shape index (κ3) is 2.54. The quantitative estimate of drug-likeness (QED) is 0.848. The van der Waals surface area contributed by atoms with Gasteiger partial charge in [0.25, 0.3) is 0 Å². The molecule has 1 amide bonds. The molecule has 0 aliphatic carbocycles. The number of nitrogens with one attached hydrogen (secondary N) is 1. The molecule has 3 nitrogen and oxygen atoms in total. The summed E-state index contributed by atoms with van der Waals surface area (Å²) in [5.74, 6) is 0.817. The van der Waals surface area contributed by atoms with E-state index in [0.717, 1.165) is 17.9 Å². The maximum atomic E-state index is 11.4. The van der Waals surface area contributed by atoms with Crippen LogP contribution < -0.4 is 10.1 Å². The lowest BCUT2D eigenvalue weighted by molar-refractivity contribution is -0.116. The lowest BCUT2D eigenvalue weighted by atomic mass is 10.1. The molecule has 0 radical (unpaired) electrons. The van der Waals surface area contributed by atoms with Crippen LogP contribution in [-0.4, -0.2) is 12.5 Å². The standard InChI is InChI=1S/C13H17NO2/c1-2-3-4-10-5-6-12-11(9-10)14-13(15)7-8-16-12/h5-6,9H,2-4,7-8H2,1H3,(H,14,15). The van der Waals surface area contributed by atoms with Gasteiger partial charge in [-0.15, -0.1) is 0 Å². The Balaban J connectivity index is 2.19. The molecule has 0 atom stereocenters. The first-order valence-electron chi connectivity index (χ1n) is 5.85. The summed E-state index contributed by atoms with van der Waals surface area (Å²) in [6.07, 6.45) is 3.84. The van der Waals surface area contributed by atoms with Crippen LogP contribution in [0.5, 0.6) is 5.75 Å². The molecule has 1 aliphatic rings. The minimum Gasteiger partial charge on any atom is -0.491 e. The molecule has 3 heteroatoms. The fraction of sp³-hybridized carbons (Fsp3) is 0.462. The molecule has 1 aromatic carbocycles. The van der Waals surface area contributed by atoms with Crippen molar-refractivity contribution in [2.24, 2.45) is 0 Å². The zero-order chi connectivity index (χ0) is 11.4. The molecule has 0 unspecified atom stereocenters. The van der Waals surface area contributed by atoms with E-state index < -0.39 is 0 Å². The van der Waals surface area contributed by atoms with E-state index in [1.807, 2.05) is 12.1 Å². The third-order valence-electron chi connectivity index (χ3n) is 2.72. The molecule has 0 saturated heterocycles. The van der Waals surface area contributed by atoms with E-state index in [4.69, 9.17) is 4.74 Å². The average molecular weight is 219 g/mol. The van der Waals surface area contributed by atoms with Gasteiger partial charge in [0.2, 0.25) is 5.91 Å². The molecule has 1 aromatic rings. The van der Waals surface area contributed by atoms with Gasteiger partial charge >= 0.3 is 0 Å². The normalized spacial score (nSPS) is 14.7. The number of carbonyl (C=O) groups is 1. The largest absolute Gasteiger partial charge is 0.491 e. The van der Waals surface area contributed by atoms with Crippen molar-refractivity contribution in [3.05, 3.63) is 23.8 Å². The van der Waals surface area contributed by atoms with E-state index in [1.54, 1.807) is 0 Å². The number of hydrogen-bond donors (Lipinski definition) is 1. The van der Waals surface area contributed by atoms with Gasteiger partial charge in [-0.25, -0.2) is 0 Å². The van der Waals surface area contributed by atoms with Crippen LogP contribution in [0.2, 0.25) is 0 Å². The van der Waals surface area contributed by atoms with E-state index in [2.05, 4.69) is 18.3 Å². The first-order chi connectivity index (χ1) is 7.79. The van der Waals surface area contributed by atoms with Crippen LogP contribution in [0.3, 0.4) is 0 Å². The Morgan fingerprint density at radius 2 is 2.31 bits per heavy atom. The smallest absolute Gasteiger partial charge is 0.227 e. The molecule has 0 fully saturated rings. The number of aryl methyl sites for hydroxylation is 1.